The Morgan fingerprint density at radius 2 is 1.76 bits per heavy atom. The molecular formula is C14H17Cl2NO4. The Labute approximate surface area is 133 Å². The first kappa shape index (κ1) is 17.6. The molecule has 0 aliphatic rings. The molecule has 0 aliphatic heterocycles. The number of ether oxygens (including phenoxy) is 1. The number of benzene rings is 1. The molecule has 0 fully saturated rings. The molecule has 0 spiro atoms. The quantitative estimate of drug-likeness (QED) is 0.869. The van der Waals surface area contributed by atoms with Crippen molar-refractivity contribution in [2.75, 3.05) is 13.6 Å². The van der Waals surface area contributed by atoms with Crippen LogP contribution in [0.25, 0.3) is 0 Å². The van der Waals surface area contributed by atoms with Gasteiger partial charge in [0.25, 0.3) is 5.91 Å². The van der Waals surface area contributed by atoms with Gasteiger partial charge in [-0.1, -0.05) is 30.1 Å². The van der Waals surface area contributed by atoms with E-state index in [0.29, 0.717) is 15.8 Å². The van der Waals surface area contributed by atoms with Crippen molar-refractivity contribution < 1.29 is 19.4 Å². The summed E-state index contributed by atoms with van der Waals surface area (Å²) in [5.41, 5.74) is 0. The van der Waals surface area contributed by atoms with Crippen LogP contribution in [-0.4, -0.2) is 41.6 Å². The Bertz CT molecular complexity index is 515. The lowest BCUT2D eigenvalue weighted by Crippen LogP contribution is -2.41. The second-order valence-corrected chi connectivity index (χ2v) is 5.70. The first-order valence-corrected chi connectivity index (χ1v) is 7.06. The van der Waals surface area contributed by atoms with Gasteiger partial charge in [0.2, 0.25) is 0 Å². The van der Waals surface area contributed by atoms with Crippen molar-refractivity contribution in [2.24, 2.45) is 5.92 Å². The predicted octanol–water partition coefficient (Wildman–Crippen LogP) is 2.94. The highest BCUT2D eigenvalue weighted by atomic mass is 35.5. The van der Waals surface area contributed by atoms with E-state index in [1.807, 2.05) is 0 Å². The lowest BCUT2D eigenvalue weighted by atomic mass is 10.1. The molecule has 1 aromatic carbocycles. The molecule has 1 rings (SSSR count). The number of aliphatic carboxylic acids is 1. The number of carboxylic acid groups (broad SMARTS) is 1. The van der Waals surface area contributed by atoms with E-state index < -0.39 is 18.0 Å². The normalized spacial score (nSPS) is 13.4. The van der Waals surface area contributed by atoms with Gasteiger partial charge in [-0.15, -0.1) is 0 Å². The van der Waals surface area contributed by atoms with Gasteiger partial charge in [0.1, 0.15) is 5.75 Å². The van der Waals surface area contributed by atoms with E-state index in [9.17, 15) is 9.59 Å². The standard InChI is InChI=1S/C14H17Cl2NO4/c1-8(14(19)20)7-17(3)13(18)9(2)21-12-5-10(15)4-11(16)6-12/h4-6,8-9H,7H2,1-3H3,(H,19,20). The van der Waals surface area contributed by atoms with Crippen LogP contribution in [0.15, 0.2) is 18.2 Å². The summed E-state index contributed by atoms with van der Waals surface area (Å²) in [7, 11) is 1.53. The number of halogens is 2. The van der Waals surface area contributed by atoms with Crippen molar-refractivity contribution in [3.63, 3.8) is 0 Å². The molecule has 5 nitrogen and oxygen atoms in total. The summed E-state index contributed by atoms with van der Waals surface area (Å²) in [4.78, 5) is 24.2. The van der Waals surface area contributed by atoms with Crippen molar-refractivity contribution in [3.05, 3.63) is 28.2 Å². The summed E-state index contributed by atoms with van der Waals surface area (Å²) in [6.45, 7) is 3.23. The van der Waals surface area contributed by atoms with E-state index in [2.05, 4.69) is 0 Å². The number of hydrogen-bond donors (Lipinski definition) is 1. The molecule has 0 bridgehead atoms. The minimum Gasteiger partial charge on any atom is -0.481 e. The molecule has 1 amide bonds. The number of nitrogens with zero attached hydrogens (tertiary/aromatic N) is 1. The fourth-order valence-electron chi connectivity index (χ4n) is 1.74. The predicted molar refractivity (Wildman–Crippen MR) is 81.0 cm³/mol. The molecule has 0 aromatic heterocycles. The lowest BCUT2D eigenvalue weighted by molar-refractivity contribution is -0.144. The highest BCUT2D eigenvalue weighted by Crippen LogP contribution is 2.25. The number of carbonyl (C=O) groups is 2. The zero-order chi connectivity index (χ0) is 16.2. The van der Waals surface area contributed by atoms with Crippen molar-refractivity contribution in [1.82, 2.24) is 4.90 Å². The number of carboxylic acids is 1. The van der Waals surface area contributed by atoms with Gasteiger partial charge in [0.15, 0.2) is 6.10 Å². The first-order chi connectivity index (χ1) is 9.70. The van der Waals surface area contributed by atoms with Gasteiger partial charge < -0.3 is 14.7 Å². The van der Waals surface area contributed by atoms with Crippen LogP contribution in [0.4, 0.5) is 0 Å². The summed E-state index contributed by atoms with van der Waals surface area (Å²) >= 11 is 11.7. The van der Waals surface area contributed by atoms with E-state index in [4.69, 9.17) is 33.0 Å². The van der Waals surface area contributed by atoms with E-state index in [1.165, 1.54) is 18.9 Å². The molecule has 0 saturated heterocycles. The largest absolute Gasteiger partial charge is 0.481 e. The third kappa shape index (κ3) is 5.44. The Morgan fingerprint density at radius 1 is 1.24 bits per heavy atom. The fourth-order valence-corrected chi connectivity index (χ4v) is 2.25. The van der Waals surface area contributed by atoms with Gasteiger partial charge in [0.05, 0.1) is 5.92 Å². The maximum absolute atomic E-state index is 12.1. The summed E-state index contributed by atoms with van der Waals surface area (Å²) < 4.78 is 5.49. The topological polar surface area (TPSA) is 66.8 Å². The molecule has 2 atom stereocenters. The third-order valence-corrected chi connectivity index (χ3v) is 3.28. The number of likely N-dealkylation sites (N-methyl/N-ethyl adjacent to an activating group) is 1. The highest BCUT2D eigenvalue weighted by molar-refractivity contribution is 6.34. The molecular weight excluding hydrogens is 317 g/mol. The molecule has 0 heterocycles. The van der Waals surface area contributed by atoms with Crippen molar-refractivity contribution in [3.8, 4) is 5.75 Å². The Hall–Kier alpha value is -1.46. The molecule has 116 valence electrons. The maximum atomic E-state index is 12.1. The molecule has 1 N–H and O–H groups in total. The van der Waals surface area contributed by atoms with E-state index >= 15 is 0 Å². The zero-order valence-electron chi connectivity index (χ0n) is 12.0. The van der Waals surface area contributed by atoms with Gasteiger partial charge in [-0.05, 0) is 25.1 Å². The number of amides is 1. The lowest BCUT2D eigenvalue weighted by Gasteiger charge is -2.23. The zero-order valence-corrected chi connectivity index (χ0v) is 13.5. The van der Waals surface area contributed by atoms with Crippen LogP contribution in [0.5, 0.6) is 5.75 Å². The van der Waals surface area contributed by atoms with Crippen molar-refractivity contribution in [1.29, 1.82) is 0 Å². The van der Waals surface area contributed by atoms with Crippen LogP contribution in [0.1, 0.15) is 13.8 Å². The molecule has 2 unspecified atom stereocenters. The van der Waals surface area contributed by atoms with Crippen LogP contribution >= 0.6 is 23.2 Å². The molecule has 1 aromatic rings. The van der Waals surface area contributed by atoms with Crippen LogP contribution in [0.3, 0.4) is 0 Å². The number of rotatable bonds is 6. The second-order valence-electron chi connectivity index (χ2n) is 4.82. The maximum Gasteiger partial charge on any atom is 0.308 e. The van der Waals surface area contributed by atoms with Gasteiger partial charge >= 0.3 is 5.97 Å². The first-order valence-electron chi connectivity index (χ1n) is 6.31. The van der Waals surface area contributed by atoms with E-state index in [0.717, 1.165) is 0 Å². The fraction of sp³-hybridized carbons (Fsp3) is 0.429. The van der Waals surface area contributed by atoms with Gasteiger partial charge in [-0.2, -0.15) is 0 Å². The van der Waals surface area contributed by atoms with E-state index in [-0.39, 0.29) is 12.5 Å². The molecule has 0 aliphatic carbocycles. The van der Waals surface area contributed by atoms with Crippen molar-refractivity contribution in [2.45, 2.75) is 20.0 Å². The Morgan fingerprint density at radius 3 is 2.24 bits per heavy atom. The minimum absolute atomic E-state index is 0.109. The Balaban J connectivity index is 2.67. The summed E-state index contributed by atoms with van der Waals surface area (Å²) in [6, 6.07) is 4.66. The van der Waals surface area contributed by atoms with Gasteiger partial charge in [0, 0.05) is 23.6 Å². The van der Waals surface area contributed by atoms with Crippen LogP contribution in [0, 0.1) is 5.92 Å². The average molecular weight is 334 g/mol. The summed E-state index contributed by atoms with van der Waals surface area (Å²) in [6.07, 6.45) is -0.773. The van der Waals surface area contributed by atoms with Crippen LogP contribution in [-0.2, 0) is 9.59 Å². The third-order valence-electron chi connectivity index (χ3n) is 2.84. The molecule has 0 radical (unpaired) electrons. The molecule has 7 heteroatoms. The SMILES string of the molecule is CC(CN(C)C(=O)C(C)Oc1cc(Cl)cc(Cl)c1)C(=O)O. The van der Waals surface area contributed by atoms with Crippen molar-refractivity contribution >= 4 is 35.1 Å². The minimum atomic E-state index is -0.954. The average Bonchev–Trinajstić information content (AvgIpc) is 2.35. The van der Waals surface area contributed by atoms with Gasteiger partial charge in [-0.3, -0.25) is 9.59 Å². The van der Waals surface area contributed by atoms with Gasteiger partial charge in [-0.25, -0.2) is 0 Å². The monoisotopic (exact) mass is 333 g/mol. The summed E-state index contributed by atoms with van der Waals surface area (Å²) in [5.74, 6) is -1.54. The second kappa shape index (κ2) is 7.52. The highest BCUT2D eigenvalue weighted by Gasteiger charge is 2.23. The molecule has 0 saturated carbocycles. The molecule has 21 heavy (non-hydrogen) atoms. The van der Waals surface area contributed by atoms with E-state index in [1.54, 1.807) is 25.1 Å². The number of carbonyl (C=O) groups excluding carboxylic acids is 1. The van der Waals surface area contributed by atoms with Crippen LogP contribution < -0.4 is 4.74 Å². The summed E-state index contributed by atoms with van der Waals surface area (Å²) in [5, 5.41) is 9.66. The smallest absolute Gasteiger partial charge is 0.308 e. The van der Waals surface area contributed by atoms with Crippen LogP contribution in [0.2, 0.25) is 10.0 Å². The Kier molecular flexibility index (Phi) is 6.30. The number of hydrogen-bond acceptors (Lipinski definition) is 3.